The van der Waals surface area contributed by atoms with Crippen LogP contribution < -0.4 is 10.1 Å². The number of benzene rings is 2. The standard InChI is InChI=1S/C20H20N4O2/c1-12-20(13(2)24(3)23-12)22-19(25)11-26-14-8-9-16-15-6-4-5-7-17(15)21-18(16)10-14/h4-10,21H,11H2,1-3H3,(H,22,25). The molecule has 1 amide bonds. The number of aryl methyl sites for hydroxylation is 2. The summed E-state index contributed by atoms with van der Waals surface area (Å²) in [6, 6.07) is 14.0. The maximum Gasteiger partial charge on any atom is 0.262 e. The number of aromatic nitrogens is 3. The van der Waals surface area contributed by atoms with Crippen LogP contribution in [-0.4, -0.2) is 27.3 Å². The number of fused-ring (bicyclic) bond motifs is 3. The van der Waals surface area contributed by atoms with Crippen molar-refractivity contribution in [2.75, 3.05) is 11.9 Å². The average Bonchev–Trinajstić information content (AvgIpc) is 3.11. The minimum absolute atomic E-state index is 0.0560. The first-order valence-electron chi connectivity index (χ1n) is 8.46. The Kier molecular flexibility index (Phi) is 3.88. The number of H-pyrrole nitrogens is 1. The molecule has 2 aromatic carbocycles. The molecule has 6 heteroatoms. The monoisotopic (exact) mass is 348 g/mol. The minimum atomic E-state index is -0.207. The van der Waals surface area contributed by atoms with E-state index in [9.17, 15) is 4.79 Å². The first kappa shape index (κ1) is 16.2. The number of amides is 1. The number of hydrogen-bond acceptors (Lipinski definition) is 3. The second kappa shape index (κ2) is 6.22. The normalized spacial score (nSPS) is 11.2. The SMILES string of the molecule is Cc1nn(C)c(C)c1NC(=O)COc1ccc2c(c1)[nH]c1ccccc12. The second-order valence-electron chi connectivity index (χ2n) is 6.38. The molecule has 0 radical (unpaired) electrons. The molecule has 0 saturated heterocycles. The summed E-state index contributed by atoms with van der Waals surface area (Å²) in [5.41, 5.74) is 4.52. The van der Waals surface area contributed by atoms with E-state index in [-0.39, 0.29) is 12.5 Å². The molecule has 4 aromatic rings. The highest BCUT2D eigenvalue weighted by Crippen LogP contribution is 2.28. The molecule has 0 atom stereocenters. The minimum Gasteiger partial charge on any atom is -0.484 e. The molecule has 0 fully saturated rings. The molecule has 6 nitrogen and oxygen atoms in total. The van der Waals surface area contributed by atoms with Gasteiger partial charge < -0.3 is 15.0 Å². The highest BCUT2D eigenvalue weighted by Gasteiger charge is 2.13. The van der Waals surface area contributed by atoms with Gasteiger partial charge in [-0.25, -0.2) is 0 Å². The van der Waals surface area contributed by atoms with Gasteiger partial charge in [-0.05, 0) is 32.0 Å². The number of para-hydroxylation sites is 1. The van der Waals surface area contributed by atoms with E-state index in [1.807, 2.05) is 57.3 Å². The van der Waals surface area contributed by atoms with Gasteiger partial charge in [-0.2, -0.15) is 5.10 Å². The Hall–Kier alpha value is -3.28. The molecular weight excluding hydrogens is 328 g/mol. The summed E-state index contributed by atoms with van der Waals surface area (Å²) in [4.78, 5) is 15.6. The van der Waals surface area contributed by atoms with E-state index in [4.69, 9.17) is 4.74 Å². The van der Waals surface area contributed by atoms with Gasteiger partial charge in [-0.3, -0.25) is 9.48 Å². The molecule has 0 unspecified atom stereocenters. The summed E-state index contributed by atoms with van der Waals surface area (Å²) in [5.74, 6) is 0.444. The molecule has 0 aliphatic heterocycles. The van der Waals surface area contributed by atoms with Crippen molar-refractivity contribution in [3.63, 3.8) is 0 Å². The van der Waals surface area contributed by atoms with Gasteiger partial charge in [0.05, 0.1) is 22.6 Å². The summed E-state index contributed by atoms with van der Waals surface area (Å²) in [5, 5.41) is 9.48. The summed E-state index contributed by atoms with van der Waals surface area (Å²) < 4.78 is 7.42. The molecule has 0 aliphatic carbocycles. The molecular formula is C20H20N4O2. The Balaban J connectivity index is 1.49. The molecule has 132 valence electrons. The fourth-order valence-corrected chi connectivity index (χ4v) is 3.20. The highest BCUT2D eigenvalue weighted by molar-refractivity contribution is 6.07. The fourth-order valence-electron chi connectivity index (χ4n) is 3.20. The Morgan fingerprint density at radius 2 is 1.92 bits per heavy atom. The van der Waals surface area contributed by atoms with Gasteiger partial charge in [0.15, 0.2) is 6.61 Å². The maximum absolute atomic E-state index is 12.2. The third-order valence-electron chi connectivity index (χ3n) is 4.62. The van der Waals surface area contributed by atoms with E-state index in [2.05, 4.69) is 21.5 Å². The predicted octanol–water partition coefficient (Wildman–Crippen LogP) is 3.69. The average molecular weight is 348 g/mol. The number of hydrogen-bond donors (Lipinski definition) is 2. The van der Waals surface area contributed by atoms with Crippen LogP contribution >= 0.6 is 0 Å². The molecule has 2 N–H and O–H groups in total. The molecule has 2 aromatic heterocycles. The quantitative estimate of drug-likeness (QED) is 0.591. The fraction of sp³-hybridized carbons (Fsp3) is 0.200. The third kappa shape index (κ3) is 2.79. The lowest BCUT2D eigenvalue weighted by Gasteiger charge is -2.08. The summed E-state index contributed by atoms with van der Waals surface area (Å²) in [6.45, 7) is 3.73. The van der Waals surface area contributed by atoms with Gasteiger partial charge in [0.25, 0.3) is 5.91 Å². The second-order valence-corrected chi connectivity index (χ2v) is 6.38. The maximum atomic E-state index is 12.2. The van der Waals surface area contributed by atoms with Crippen LogP contribution in [0.1, 0.15) is 11.4 Å². The zero-order valence-electron chi connectivity index (χ0n) is 15.0. The Morgan fingerprint density at radius 3 is 2.69 bits per heavy atom. The van der Waals surface area contributed by atoms with Crippen LogP contribution in [0.3, 0.4) is 0 Å². The van der Waals surface area contributed by atoms with Crippen molar-refractivity contribution in [1.29, 1.82) is 0 Å². The number of anilines is 1. The van der Waals surface area contributed by atoms with Crippen LogP contribution in [0, 0.1) is 13.8 Å². The van der Waals surface area contributed by atoms with Crippen molar-refractivity contribution in [2.45, 2.75) is 13.8 Å². The Bertz CT molecular complexity index is 1120. The van der Waals surface area contributed by atoms with Crippen molar-refractivity contribution >= 4 is 33.4 Å². The van der Waals surface area contributed by atoms with E-state index in [0.717, 1.165) is 33.5 Å². The zero-order valence-corrected chi connectivity index (χ0v) is 15.0. The smallest absolute Gasteiger partial charge is 0.262 e. The molecule has 0 bridgehead atoms. The topological polar surface area (TPSA) is 71.9 Å². The van der Waals surface area contributed by atoms with Gasteiger partial charge in [0.1, 0.15) is 5.75 Å². The molecule has 4 rings (SSSR count). The zero-order chi connectivity index (χ0) is 18.3. The van der Waals surface area contributed by atoms with E-state index >= 15 is 0 Å². The summed E-state index contributed by atoms with van der Waals surface area (Å²) in [7, 11) is 1.85. The van der Waals surface area contributed by atoms with Crippen LogP contribution in [0.5, 0.6) is 5.75 Å². The number of rotatable bonds is 4. The van der Waals surface area contributed by atoms with Crippen molar-refractivity contribution in [2.24, 2.45) is 7.05 Å². The number of carbonyl (C=O) groups excluding carboxylic acids is 1. The predicted molar refractivity (Wildman–Crippen MR) is 103 cm³/mol. The van der Waals surface area contributed by atoms with Crippen molar-refractivity contribution in [1.82, 2.24) is 14.8 Å². The van der Waals surface area contributed by atoms with Crippen LogP contribution in [0.2, 0.25) is 0 Å². The van der Waals surface area contributed by atoms with Crippen molar-refractivity contribution in [3.8, 4) is 5.75 Å². The number of ether oxygens (including phenoxy) is 1. The van der Waals surface area contributed by atoms with E-state index in [1.54, 1.807) is 4.68 Å². The summed E-state index contributed by atoms with van der Waals surface area (Å²) in [6.07, 6.45) is 0. The van der Waals surface area contributed by atoms with Crippen molar-refractivity contribution in [3.05, 3.63) is 53.9 Å². The number of aromatic amines is 1. The lowest BCUT2D eigenvalue weighted by atomic mass is 10.1. The number of nitrogens with one attached hydrogen (secondary N) is 2. The van der Waals surface area contributed by atoms with Crippen LogP contribution in [-0.2, 0) is 11.8 Å². The highest BCUT2D eigenvalue weighted by atomic mass is 16.5. The molecule has 2 heterocycles. The van der Waals surface area contributed by atoms with Crippen LogP contribution in [0.15, 0.2) is 42.5 Å². The Labute approximate surface area is 150 Å². The van der Waals surface area contributed by atoms with E-state index < -0.39 is 0 Å². The lowest BCUT2D eigenvalue weighted by Crippen LogP contribution is -2.20. The molecule has 0 aliphatic rings. The Morgan fingerprint density at radius 1 is 1.15 bits per heavy atom. The molecule has 0 saturated carbocycles. The molecule has 0 spiro atoms. The number of carbonyl (C=O) groups is 1. The van der Waals surface area contributed by atoms with Gasteiger partial charge in [0, 0.05) is 29.4 Å². The van der Waals surface area contributed by atoms with Crippen LogP contribution in [0.25, 0.3) is 21.8 Å². The largest absolute Gasteiger partial charge is 0.484 e. The van der Waals surface area contributed by atoms with Crippen LogP contribution in [0.4, 0.5) is 5.69 Å². The molecule has 26 heavy (non-hydrogen) atoms. The van der Waals surface area contributed by atoms with Gasteiger partial charge in [-0.1, -0.05) is 18.2 Å². The van der Waals surface area contributed by atoms with E-state index in [1.165, 1.54) is 5.39 Å². The first-order valence-corrected chi connectivity index (χ1v) is 8.46. The lowest BCUT2D eigenvalue weighted by molar-refractivity contribution is -0.118. The number of nitrogens with zero attached hydrogens (tertiary/aromatic N) is 2. The van der Waals surface area contributed by atoms with Crippen molar-refractivity contribution < 1.29 is 9.53 Å². The summed E-state index contributed by atoms with van der Waals surface area (Å²) >= 11 is 0. The van der Waals surface area contributed by atoms with Gasteiger partial charge in [0.2, 0.25) is 0 Å². The van der Waals surface area contributed by atoms with E-state index in [0.29, 0.717) is 5.75 Å². The van der Waals surface area contributed by atoms with Gasteiger partial charge >= 0.3 is 0 Å². The first-order chi connectivity index (χ1) is 12.5. The third-order valence-corrected chi connectivity index (χ3v) is 4.62. The van der Waals surface area contributed by atoms with Gasteiger partial charge in [-0.15, -0.1) is 0 Å².